The van der Waals surface area contributed by atoms with E-state index in [9.17, 15) is 0 Å². The molecule has 0 aliphatic rings. The Morgan fingerprint density at radius 2 is 0.587 bits per heavy atom. The molecule has 0 saturated carbocycles. The highest BCUT2D eigenvalue weighted by atomic mass is 16.5. The van der Waals surface area contributed by atoms with Crippen molar-refractivity contribution in [2.75, 3.05) is 26.4 Å². The van der Waals surface area contributed by atoms with Crippen LogP contribution in [-0.2, 0) is 0 Å². The molecule has 0 spiro atoms. The summed E-state index contributed by atoms with van der Waals surface area (Å²) in [6, 6.07) is 32.8. The minimum absolute atomic E-state index is 0.285. The zero-order valence-electron chi connectivity index (χ0n) is 27.7. The number of ether oxygens (including phenoxy) is 4. The zero-order chi connectivity index (χ0) is 33.1. The van der Waals surface area contributed by atoms with E-state index in [2.05, 4.69) is 74.8 Å². The van der Waals surface area contributed by atoms with Gasteiger partial charge in [0.15, 0.2) is 0 Å². The molecule has 0 radical (unpaired) electrons. The fourth-order valence-electron chi connectivity index (χ4n) is 5.33. The van der Waals surface area contributed by atoms with Crippen molar-refractivity contribution in [2.24, 2.45) is 0 Å². The number of para-hydroxylation sites is 4. The molecule has 4 rings (SSSR count). The van der Waals surface area contributed by atoms with Crippen molar-refractivity contribution < 1.29 is 18.9 Å². The Balaban J connectivity index is 2.08. The smallest absolute Gasteiger partial charge is 0.123 e. The van der Waals surface area contributed by atoms with E-state index in [1.165, 1.54) is 0 Å². The van der Waals surface area contributed by atoms with Crippen molar-refractivity contribution in [1.82, 2.24) is 0 Å². The van der Waals surface area contributed by atoms with E-state index in [0.717, 1.165) is 67.5 Å². The second-order valence-electron chi connectivity index (χ2n) is 12.1. The summed E-state index contributed by atoms with van der Waals surface area (Å²) in [4.78, 5) is 0. The Hall–Kier alpha value is -4.96. The monoisotopic (exact) mass is 614 g/mol. The van der Waals surface area contributed by atoms with Crippen molar-refractivity contribution in [3.8, 4) is 23.0 Å². The SMILES string of the molecule is C=C(C)COc1ccccc1C(c1ccccc1OCC(=C)C)C(c1ccccc1OCC(=C)C)c1ccccc1OCC(=C)C. The van der Waals surface area contributed by atoms with E-state index in [0.29, 0.717) is 26.4 Å². The van der Waals surface area contributed by atoms with E-state index >= 15 is 0 Å². The highest BCUT2D eigenvalue weighted by Crippen LogP contribution is 2.52. The van der Waals surface area contributed by atoms with Gasteiger partial charge in [0.05, 0.1) is 0 Å². The summed E-state index contributed by atoms with van der Waals surface area (Å²) in [5, 5.41) is 0. The van der Waals surface area contributed by atoms with Gasteiger partial charge in [0.25, 0.3) is 0 Å². The van der Waals surface area contributed by atoms with Crippen LogP contribution in [0.25, 0.3) is 0 Å². The number of rotatable bonds is 17. The Morgan fingerprint density at radius 1 is 0.391 bits per heavy atom. The summed E-state index contributed by atoms with van der Waals surface area (Å²) in [7, 11) is 0. The molecule has 4 heteroatoms. The van der Waals surface area contributed by atoms with Gasteiger partial charge in [-0.25, -0.2) is 0 Å². The summed E-state index contributed by atoms with van der Waals surface area (Å²) in [5.74, 6) is 2.53. The summed E-state index contributed by atoms with van der Waals surface area (Å²) < 4.78 is 25.8. The average molecular weight is 615 g/mol. The van der Waals surface area contributed by atoms with Crippen molar-refractivity contribution in [2.45, 2.75) is 39.5 Å². The summed E-state index contributed by atoms with van der Waals surface area (Å²) in [5.41, 5.74) is 7.76. The molecule has 0 fully saturated rings. The molecule has 0 aromatic heterocycles. The van der Waals surface area contributed by atoms with E-state index in [1.54, 1.807) is 0 Å². The molecule has 0 amide bonds. The van der Waals surface area contributed by atoms with Crippen LogP contribution in [0, 0.1) is 0 Å². The van der Waals surface area contributed by atoms with Crippen LogP contribution in [-0.4, -0.2) is 26.4 Å². The molecule has 0 bridgehead atoms. The maximum absolute atomic E-state index is 6.44. The highest BCUT2D eigenvalue weighted by Gasteiger charge is 2.35. The Bertz CT molecular complexity index is 1430. The highest BCUT2D eigenvalue weighted by molar-refractivity contribution is 5.57. The molecule has 0 unspecified atom stereocenters. The fourth-order valence-corrected chi connectivity index (χ4v) is 5.33. The van der Waals surface area contributed by atoms with E-state index < -0.39 is 0 Å². The van der Waals surface area contributed by atoms with E-state index in [4.69, 9.17) is 18.9 Å². The lowest BCUT2D eigenvalue weighted by molar-refractivity contribution is 0.331. The molecule has 0 N–H and O–H groups in total. The lowest BCUT2D eigenvalue weighted by atomic mass is 9.72. The number of hydrogen-bond acceptors (Lipinski definition) is 4. The molecule has 46 heavy (non-hydrogen) atoms. The minimum Gasteiger partial charge on any atom is -0.489 e. The van der Waals surface area contributed by atoms with Crippen molar-refractivity contribution >= 4 is 0 Å². The standard InChI is InChI=1S/C42H46O4/c1-29(2)25-43-37-21-13-9-17-33(37)41(34-18-10-14-22-38(34)44-26-30(3)4)42(35-19-11-15-23-39(35)45-27-31(5)6)36-20-12-16-24-40(36)46-28-32(7)8/h9-24,41-42H,1,3,5,7,25-28H2,2,4,6,8H3. The Labute approximate surface area is 275 Å². The predicted octanol–water partition coefficient (Wildman–Crippen LogP) is 10.5. The van der Waals surface area contributed by atoms with Gasteiger partial charge in [-0.15, -0.1) is 0 Å². The average Bonchev–Trinajstić information content (AvgIpc) is 3.04. The third-order valence-corrected chi connectivity index (χ3v) is 7.25. The van der Waals surface area contributed by atoms with Crippen LogP contribution in [0.5, 0.6) is 23.0 Å². The Morgan fingerprint density at radius 3 is 0.783 bits per heavy atom. The van der Waals surface area contributed by atoms with Crippen LogP contribution in [0.4, 0.5) is 0 Å². The molecular formula is C42H46O4. The quantitative estimate of drug-likeness (QED) is 0.111. The van der Waals surface area contributed by atoms with Crippen LogP contribution in [0.3, 0.4) is 0 Å². The molecule has 4 aromatic carbocycles. The summed E-state index contributed by atoms with van der Waals surface area (Å²) >= 11 is 0. The minimum atomic E-state index is -0.285. The van der Waals surface area contributed by atoms with Gasteiger partial charge in [-0.2, -0.15) is 0 Å². The van der Waals surface area contributed by atoms with Gasteiger partial charge < -0.3 is 18.9 Å². The largest absolute Gasteiger partial charge is 0.489 e. The van der Waals surface area contributed by atoms with Crippen molar-refractivity contribution in [3.63, 3.8) is 0 Å². The molecule has 238 valence electrons. The van der Waals surface area contributed by atoms with Crippen LogP contribution < -0.4 is 18.9 Å². The van der Waals surface area contributed by atoms with E-state index in [1.807, 2.05) is 76.2 Å². The second-order valence-corrected chi connectivity index (χ2v) is 12.1. The molecule has 0 saturated heterocycles. The molecule has 4 nitrogen and oxygen atoms in total. The predicted molar refractivity (Wildman–Crippen MR) is 191 cm³/mol. The third-order valence-electron chi connectivity index (χ3n) is 7.25. The van der Waals surface area contributed by atoms with Gasteiger partial charge >= 0.3 is 0 Å². The Kier molecular flexibility index (Phi) is 12.1. The molecular weight excluding hydrogens is 568 g/mol. The van der Waals surface area contributed by atoms with E-state index in [-0.39, 0.29) is 11.8 Å². The first-order chi connectivity index (χ1) is 22.2. The fraction of sp³-hybridized carbons (Fsp3) is 0.238. The van der Waals surface area contributed by atoms with Gasteiger partial charge in [-0.05, 0) is 74.3 Å². The topological polar surface area (TPSA) is 36.9 Å². The molecule has 0 aliphatic heterocycles. The van der Waals surface area contributed by atoms with Crippen LogP contribution in [0.2, 0.25) is 0 Å². The van der Waals surface area contributed by atoms with Crippen LogP contribution in [0.1, 0.15) is 61.8 Å². The van der Waals surface area contributed by atoms with Gasteiger partial charge in [0, 0.05) is 34.1 Å². The van der Waals surface area contributed by atoms with Crippen molar-refractivity contribution in [3.05, 3.63) is 168 Å². The number of benzene rings is 4. The van der Waals surface area contributed by atoms with Gasteiger partial charge in [0.1, 0.15) is 49.4 Å². The van der Waals surface area contributed by atoms with Gasteiger partial charge in [-0.1, -0.05) is 99.1 Å². The van der Waals surface area contributed by atoms with Gasteiger partial charge in [0.2, 0.25) is 0 Å². The molecule has 0 heterocycles. The molecule has 0 atom stereocenters. The first-order valence-electron chi connectivity index (χ1n) is 15.6. The van der Waals surface area contributed by atoms with Gasteiger partial charge in [-0.3, -0.25) is 0 Å². The summed E-state index contributed by atoms with van der Waals surface area (Å²) in [6.07, 6.45) is 0. The second kappa shape index (κ2) is 16.4. The van der Waals surface area contributed by atoms with Crippen LogP contribution >= 0.6 is 0 Å². The zero-order valence-corrected chi connectivity index (χ0v) is 27.7. The maximum atomic E-state index is 6.44. The molecule has 0 aliphatic carbocycles. The van der Waals surface area contributed by atoms with Crippen molar-refractivity contribution in [1.29, 1.82) is 0 Å². The first-order valence-corrected chi connectivity index (χ1v) is 15.6. The normalized spacial score (nSPS) is 10.8. The maximum Gasteiger partial charge on any atom is 0.123 e. The lowest BCUT2D eigenvalue weighted by Gasteiger charge is -2.33. The lowest BCUT2D eigenvalue weighted by Crippen LogP contribution is -2.19. The summed E-state index contributed by atoms with van der Waals surface area (Å²) in [6.45, 7) is 25.8. The molecule has 4 aromatic rings. The first kappa shape index (κ1) is 33.9. The van der Waals surface area contributed by atoms with Crippen LogP contribution in [0.15, 0.2) is 146 Å². The third kappa shape index (κ3) is 9.04. The number of hydrogen-bond donors (Lipinski definition) is 0.